The van der Waals surface area contributed by atoms with E-state index in [1.807, 2.05) is 54.6 Å². The zero-order chi connectivity index (χ0) is 15.5. The minimum absolute atomic E-state index is 0.0640. The fraction of sp³-hybridized carbons (Fsp3) is 0.211. The van der Waals surface area contributed by atoms with Gasteiger partial charge in [0.1, 0.15) is 0 Å². The summed E-state index contributed by atoms with van der Waals surface area (Å²) in [4.78, 5) is 12.6. The lowest BCUT2D eigenvalue weighted by Crippen LogP contribution is -2.11. The van der Waals surface area contributed by atoms with Gasteiger partial charge in [0, 0.05) is 17.3 Å². The maximum Gasteiger partial charge on any atom is 0.162 e. The van der Waals surface area contributed by atoms with Crippen molar-refractivity contribution in [3.63, 3.8) is 0 Å². The molecule has 3 heteroatoms. The minimum Gasteiger partial charge on any atom is -0.399 e. The van der Waals surface area contributed by atoms with Crippen molar-refractivity contribution in [3.8, 4) is 0 Å². The quantitative estimate of drug-likeness (QED) is 0.672. The van der Waals surface area contributed by atoms with Crippen LogP contribution in [0.2, 0.25) is 0 Å². The Balaban J connectivity index is 1.75. The smallest absolute Gasteiger partial charge is 0.162 e. The Hall–Kier alpha value is -2.55. The Labute approximate surface area is 130 Å². The van der Waals surface area contributed by atoms with Crippen molar-refractivity contribution >= 4 is 23.2 Å². The van der Waals surface area contributed by atoms with E-state index in [4.69, 9.17) is 11.5 Å². The molecule has 2 aromatic carbocycles. The molecule has 1 fully saturated rings. The molecular formula is C19H20N2O. The van der Waals surface area contributed by atoms with Gasteiger partial charge >= 0.3 is 0 Å². The standard InChI is InChI=1S/C19H20N2O/c20-17-5-1-3-13(11-17)9-15-7-8-16(19(15)22)10-14-4-2-6-18(21)12-14/h1-6,9,11-12,16H,7-8,10,20-21H2/b15-9-. The first-order valence-corrected chi connectivity index (χ1v) is 7.56. The molecule has 0 heterocycles. The Morgan fingerprint density at radius 1 is 1.05 bits per heavy atom. The molecule has 112 valence electrons. The van der Waals surface area contributed by atoms with Gasteiger partial charge in [0.2, 0.25) is 0 Å². The number of ketones is 1. The average Bonchev–Trinajstić information content (AvgIpc) is 2.80. The predicted molar refractivity (Wildman–Crippen MR) is 91.1 cm³/mol. The average molecular weight is 292 g/mol. The van der Waals surface area contributed by atoms with Crippen molar-refractivity contribution in [2.45, 2.75) is 19.3 Å². The second kappa shape index (κ2) is 6.06. The van der Waals surface area contributed by atoms with Crippen LogP contribution in [0.15, 0.2) is 54.1 Å². The molecule has 22 heavy (non-hydrogen) atoms. The molecule has 0 spiro atoms. The Morgan fingerprint density at radius 3 is 2.50 bits per heavy atom. The van der Waals surface area contributed by atoms with Crippen LogP contribution in [0.4, 0.5) is 11.4 Å². The van der Waals surface area contributed by atoms with Crippen molar-refractivity contribution in [1.82, 2.24) is 0 Å². The second-order valence-electron chi connectivity index (χ2n) is 5.89. The highest BCUT2D eigenvalue weighted by atomic mass is 16.1. The summed E-state index contributed by atoms with van der Waals surface area (Å²) >= 11 is 0. The topological polar surface area (TPSA) is 69.1 Å². The Morgan fingerprint density at radius 2 is 1.77 bits per heavy atom. The summed E-state index contributed by atoms with van der Waals surface area (Å²) in [6.45, 7) is 0. The highest BCUT2D eigenvalue weighted by molar-refractivity contribution is 6.03. The first-order chi connectivity index (χ1) is 10.6. The number of Topliss-reactive ketones (excluding diaryl/α,β-unsaturated/α-hetero) is 1. The van der Waals surface area contributed by atoms with E-state index in [-0.39, 0.29) is 11.7 Å². The molecule has 1 unspecified atom stereocenters. The molecule has 1 saturated carbocycles. The molecule has 3 nitrogen and oxygen atoms in total. The molecule has 0 bridgehead atoms. The maximum absolute atomic E-state index is 12.6. The van der Waals surface area contributed by atoms with E-state index in [1.165, 1.54) is 0 Å². The molecule has 0 radical (unpaired) electrons. The summed E-state index contributed by atoms with van der Waals surface area (Å²) < 4.78 is 0. The SMILES string of the molecule is Nc1cccc(/C=C2/CCC(Cc3cccc(N)c3)C2=O)c1. The lowest BCUT2D eigenvalue weighted by molar-refractivity contribution is -0.117. The van der Waals surface area contributed by atoms with Crippen molar-refractivity contribution in [2.75, 3.05) is 11.5 Å². The van der Waals surface area contributed by atoms with Crippen LogP contribution in [0, 0.1) is 5.92 Å². The summed E-state index contributed by atoms with van der Waals surface area (Å²) in [7, 11) is 0. The molecule has 0 saturated heterocycles. The molecule has 3 rings (SSSR count). The molecule has 0 aromatic heterocycles. The van der Waals surface area contributed by atoms with E-state index in [0.717, 1.165) is 47.3 Å². The Bertz CT molecular complexity index is 734. The molecule has 2 aromatic rings. The number of allylic oxidation sites excluding steroid dienone is 1. The van der Waals surface area contributed by atoms with Crippen LogP contribution in [0.3, 0.4) is 0 Å². The van der Waals surface area contributed by atoms with E-state index >= 15 is 0 Å². The van der Waals surface area contributed by atoms with E-state index in [9.17, 15) is 4.79 Å². The molecule has 1 aliphatic carbocycles. The number of carbonyl (C=O) groups is 1. The lowest BCUT2D eigenvalue weighted by Gasteiger charge is -2.08. The van der Waals surface area contributed by atoms with Gasteiger partial charge in [-0.15, -0.1) is 0 Å². The van der Waals surface area contributed by atoms with Crippen LogP contribution < -0.4 is 11.5 Å². The fourth-order valence-electron chi connectivity index (χ4n) is 3.04. The monoisotopic (exact) mass is 292 g/mol. The summed E-state index contributed by atoms with van der Waals surface area (Å²) in [6, 6.07) is 15.4. The third-order valence-corrected chi connectivity index (χ3v) is 4.13. The molecular weight excluding hydrogens is 272 g/mol. The third-order valence-electron chi connectivity index (χ3n) is 4.13. The molecule has 1 atom stereocenters. The Kier molecular flexibility index (Phi) is 3.96. The van der Waals surface area contributed by atoms with Crippen LogP contribution in [-0.2, 0) is 11.2 Å². The number of nitrogen functional groups attached to an aromatic ring is 2. The van der Waals surface area contributed by atoms with Gasteiger partial charge in [-0.05, 0) is 66.3 Å². The number of benzene rings is 2. The molecule has 0 amide bonds. The number of carbonyl (C=O) groups excluding carboxylic acids is 1. The minimum atomic E-state index is 0.0640. The number of anilines is 2. The van der Waals surface area contributed by atoms with Gasteiger partial charge < -0.3 is 11.5 Å². The van der Waals surface area contributed by atoms with Gasteiger partial charge in [-0.2, -0.15) is 0 Å². The lowest BCUT2D eigenvalue weighted by atomic mass is 9.96. The van der Waals surface area contributed by atoms with Crippen molar-refractivity contribution in [2.24, 2.45) is 5.92 Å². The van der Waals surface area contributed by atoms with E-state index in [0.29, 0.717) is 0 Å². The number of rotatable bonds is 3. The summed E-state index contributed by atoms with van der Waals surface area (Å²) in [5.41, 5.74) is 16.1. The van der Waals surface area contributed by atoms with Gasteiger partial charge in [0.15, 0.2) is 5.78 Å². The van der Waals surface area contributed by atoms with Gasteiger partial charge in [0.25, 0.3) is 0 Å². The van der Waals surface area contributed by atoms with E-state index in [2.05, 4.69) is 0 Å². The van der Waals surface area contributed by atoms with Crippen LogP contribution in [0.1, 0.15) is 24.0 Å². The number of hydrogen-bond acceptors (Lipinski definition) is 3. The van der Waals surface area contributed by atoms with Crippen LogP contribution >= 0.6 is 0 Å². The first-order valence-electron chi connectivity index (χ1n) is 7.56. The van der Waals surface area contributed by atoms with Gasteiger partial charge in [-0.1, -0.05) is 24.3 Å². The van der Waals surface area contributed by atoms with Crippen molar-refractivity contribution < 1.29 is 4.79 Å². The van der Waals surface area contributed by atoms with Gasteiger partial charge in [-0.25, -0.2) is 0 Å². The molecule has 1 aliphatic rings. The van der Waals surface area contributed by atoms with Crippen molar-refractivity contribution in [1.29, 1.82) is 0 Å². The maximum atomic E-state index is 12.6. The largest absolute Gasteiger partial charge is 0.399 e. The van der Waals surface area contributed by atoms with Crippen LogP contribution in [0.5, 0.6) is 0 Å². The molecule has 0 aliphatic heterocycles. The van der Waals surface area contributed by atoms with Gasteiger partial charge in [-0.3, -0.25) is 4.79 Å². The van der Waals surface area contributed by atoms with Crippen LogP contribution in [0.25, 0.3) is 6.08 Å². The van der Waals surface area contributed by atoms with Crippen LogP contribution in [-0.4, -0.2) is 5.78 Å². The normalized spacial score (nSPS) is 19.7. The van der Waals surface area contributed by atoms with Crippen molar-refractivity contribution in [3.05, 3.63) is 65.2 Å². The number of hydrogen-bond donors (Lipinski definition) is 2. The summed E-state index contributed by atoms with van der Waals surface area (Å²) in [5, 5.41) is 0. The fourth-order valence-corrected chi connectivity index (χ4v) is 3.04. The first kappa shape index (κ1) is 14.4. The second-order valence-corrected chi connectivity index (χ2v) is 5.89. The van der Waals surface area contributed by atoms with E-state index < -0.39 is 0 Å². The highest BCUT2D eigenvalue weighted by Gasteiger charge is 2.29. The number of nitrogens with two attached hydrogens (primary N) is 2. The third kappa shape index (κ3) is 3.19. The zero-order valence-electron chi connectivity index (χ0n) is 12.5. The predicted octanol–water partition coefficient (Wildman–Crippen LogP) is 3.46. The highest BCUT2D eigenvalue weighted by Crippen LogP contribution is 2.31. The zero-order valence-corrected chi connectivity index (χ0v) is 12.5. The van der Waals surface area contributed by atoms with E-state index in [1.54, 1.807) is 0 Å². The molecule has 4 N–H and O–H groups in total. The summed E-state index contributed by atoms with van der Waals surface area (Å²) in [6.07, 6.45) is 4.47. The summed E-state index contributed by atoms with van der Waals surface area (Å²) in [5.74, 6) is 0.318. The van der Waals surface area contributed by atoms with Gasteiger partial charge in [0.05, 0.1) is 0 Å².